The second-order valence-electron chi connectivity index (χ2n) is 7.60. The normalized spacial score (nSPS) is 20.3. The monoisotopic (exact) mass is 498 g/mol. The number of carbonyl (C=O) groups excluding carboxylic acids is 2. The Kier molecular flexibility index (Phi) is 8.36. The summed E-state index contributed by atoms with van der Waals surface area (Å²) in [6.07, 6.45) is -0.488. The predicted molar refractivity (Wildman–Crippen MR) is 122 cm³/mol. The molecule has 0 bridgehead atoms. The Morgan fingerprint density at radius 3 is 2.76 bits per heavy atom. The molecule has 7 nitrogen and oxygen atoms in total. The van der Waals surface area contributed by atoms with Gasteiger partial charge in [0.05, 0.1) is 29.9 Å². The van der Waals surface area contributed by atoms with Crippen molar-refractivity contribution in [2.75, 3.05) is 26.2 Å². The highest BCUT2D eigenvalue weighted by molar-refractivity contribution is 6.30. The molecular formula is C22H22Cl2F2N4O3. The van der Waals surface area contributed by atoms with Crippen LogP contribution in [0, 0.1) is 17.6 Å². The molecule has 0 spiro atoms. The smallest absolute Gasteiger partial charge is 0.251 e. The summed E-state index contributed by atoms with van der Waals surface area (Å²) in [6.45, 7) is 1.87. The van der Waals surface area contributed by atoms with Crippen molar-refractivity contribution in [3.63, 3.8) is 0 Å². The van der Waals surface area contributed by atoms with Gasteiger partial charge in [0.2, 0.25) is 5.91 Å². The van der Waals surface area contributed by atoms with Crippen molar-refractivity contribution in [2.24, 2.45) is 11.0 Å². The molecule has 0 aromatic heterocycles. The quantitative estimate of drug-likeness (QED) is 0.590. The van der Waals surface area contributed by atoms with Crippen LogP contribution in [-0.4, -0.2) is 43.8 Å². The maximum Gasteiger partial charge on any atom is 0.251 e. The van der Waals surface area contributed by atoms with Gasteiger partial charge in [-0.15, -0.1) is 12.4 Å². The number of ether oxygens (including phenoxy) is 1. The minimum Gasteiger partial charge on any atom is -0.372 e. The van der Waals surface area contributed by atoms with Crippen LogP contribution >= 0.6 is 24.0 Å². The van der Waals surface area contributed by atoms with Crippen LogP contribution in [0.4, 0.5) is 8.78 Å². The SMILES string of the molecule is Cl.O=C1CC(c2cc(C(=O)NC[C@@H]3CNCCO[C@H]3c3ccc(Cl)c(F)c3)ccc2F)=NN1. The molecule has 176 valence electrons. The molecule has 1 fully saturated rings. The average molecular weight is 499 g/mol. The first-order valence-electron chi connectivity index (χ1n) is 10.1. The number of halogens is 4. The molecule has 2 amide bonds. The minimum atomic E-state index is -0.567. The van der Waals surface area contributed by atoms with E-state index in [2.05, 4.69) is 21.2 Å². The first kappa shape index (κ1) is 25.0. The average Bonchev–Trinajstić information content (AvgIpc) is 3.07. The third kappa shape index (κ3) is 5.86. The highest BCUT2D eigenvalue weighted by Crippen LogP contribution is 2.29. The van der Waals surface area contributed by atoms with E-state index < -0.39 is 23.6 Å². The molecule has 0 unspecified atom stereocenters. The lowest BCUT2D eigenvalue weighted by atomic mass is 9.95. The van der Waals surface area contributed by atoms with E-state index in [0.29, 0.717) is 25.3 Å². The van der Waals surface area contributed by atoms with Gasteiger partial charge in [0.1, 0.15) is 11.6 Å². The van der Waals surface area contributed by atoms with Crippen molar-refractivity contribution < 1.29 is 23.1 Å². The van der Waals surface area contributed by atoms with E-state index in [1.165, 1.54) is 30.3 Å². The number of rotatable bonds is 5. The van der Waals surface area contributed by atoms with Crippen molar-refractivity contribution >= 4 is 41.5 Å². The number of amides is 2. The van der Waals surface area contributed by atoms with E-state index in [1.807, 2.05) is 0 Å². The van der Waals surface area contributed by atoms with Gasteiger partial charge in [-0.2, -0.15) is 5.10 Å². The van der Waals surface area contributed by atoms with E-state index >= 15 is 0 Å². The van der Waals surface area contributed by atoms with Crippen molar-refractivity contribution in [3.05, 3.63) is 69.7 Å². The number of benzene rings is 2. The zero-order chi connectivity index (χ0) is 22.7. The second-order valence-corrected chi connectivity index (χ2v) is 8.01. The summed E-state index contributed by atoms with van der Waals surface area (Å²) < 4.78 is 34.1. The molecule has 0 aliphatic carbocycles. The molecule has 2 heterocycles. The van der Waals surface area contributed by atoms with Gasteiger partial charge < -0.3 is 15.4 Å². The Morgan fingerprint density at radius 1 is 1.21 bits per heavy atom. The Hall–Kier alpha value is -2.59. The fourth-order valence-corrected chi connectivity index (χ4v) is 3.87. The van der Waals surface area contributed by atoms with Crippen LogP contribution in [0.3, 0.4) is 0 Å². The molecule has 2 aromatic rings. The van der Waals surface area contributed by atoms with Gasteiger partial charge in [-0.05, 0) is 35.9 Å². The molecule has 2 aromatic carbocycles. The van der Waals surface area contributed by atoms with Gasteiger partial charge in [0.15, 0.2) is 0 Å². The number of hydrogen-bond donors (Lipinski definition) is 3. The van der Waals surface area contributed by atoms with Crippen LogP contribution in [0.5, 0.6) is 0 Å². The van der Waals surface area contributed by atoms with Gasteiger partial charge >= 0.3 is 0 Å². The first-order valence-corrected chi connectivity index (χ1v) is 10.5. The van der Waals surface area contributed by atoms with Crippen molar-refractivity contribution in [1.29, 1.82) is 0 Å². The van der Waals surface area contributed by atoms with E-state index in [1.54, 1.807) is 6.07 Å². The van der Waals surface area contributed by atoms with Crippen molar-refractivity contribution in [2.45, 2.75) is 12.5 Å². The summed E-state index contributed by atoms with van der Waals surface area (Å²) in [4.78, 5) is 24.1. The van der Waals surface area contributed by atoms with Gasteiger partial charge in [-0.1, -0.05) is 17.7 Å². The lowest BCUT2D eigenvalue weighted by Gasteiger charge is -2.25. The molecule has 1 saturated heterocycles. The topological polar surface area (TPSA) is 91.8 Å². The van der Waals surface area contributed by atoms with Crippen LogP contribution in [0.2, 0.25) is 5.02 Å². The summed E-state index contributed by atoms with van der Waals surface area (Å²) >= 11 is 5.79. The number of nitrogens with one attached hydrogen (secondary N) is 3. The summed E-state index contributed by atoms with van der Waals surface area (Å²) in [7, 11) is 0. The number of carbonyl (C=O) groups is 2. The molecule has 4 rings (SSSR count). The maximum atomic E-state index is 14.2. The molecule has 33 heavy (non-hydrogen) atoms. The molecule has 2 aliphatic rings. The Labute approximate surface area is 200 Å². The third-order valence-corrected chi connectivity index (χ3v) is 5.70. The largest absolute Gasteiger partial charge is 0.372 e. The number of hydrogen-bond acceptors (Lipinski definition) is 5. The first-order chi connectivity index (χ1) is 15.4. The fraction of sp³-hybridized carbons (Fsp3) is 0.318. The Bertz CT molecular complexity index is 1080. The molecule has 2 atom stereocenters. The van der Waals surface area contributed by atoms with Crippen molar-refractivity contribution in [3.8, 4) is 0 Å². The standard InChI is InChI=1S/C22H21ClF2N4O3.ClH/c23-16-3-1-12(8-18(16)25)21-14(10-26-5-6-32-21)11-27-22(31)13-2-4-17(24)15(7-13)19-9-20(30)29-28-19;/h1-4,7-8,14,21,26H,5-6,9-11H2,(H,27,31)(H,29,30);1H/t14-,21-;/m0./s1. The summed E-state index contributed by atoms with van der Waals surface area (Å²) in [5, 5.41) is 9.93. The number of nitrogens with zero attached hydrogens (tertiary/aromatic N) is 1. The molecular weight excluding hydrogens is 477 g/mol. The third-order valence-electron chi connectivity index (χ3n) is 5.39. The van der Waals surface area contributed by atoms with Gasteiger partial charge in [0, 0.05) is 36.7 Å². The zero-order valence-electron chi connectivity index (χ0n) is 17.4. The highest BCUT2D eigenvalue weighted by Gasteiger charge is 2.28. The Morgan fingerprint density at radius 2 is 2.03 bits per heavy atom. The Balaban J connectivity index is 0.00000306. The van der Waals surface area contributed by atoms with E-state index in [0.717, 1.165) is 0 Å². The second kappa shape index (κ2) is 11.0. The molecule has 0 saturated carbocycles. The lowest BCUT2D eigenvalue weighted by molar-refractivity contribution is -0.119. The maximum absolute atomic E-state index is 14.2. The van der Waals surface area contributed by atoms with Crippen molar-refractivity contribution in [1.82, 2.24) is 16.1 Å². The number of hydrazone groups is 1. The molecule has 11 heteroatoms. The summed E-state index contributed by atoms with van der Waals surface area (Å²) in [5.41, 5.74) is 3.49. The van der Waals surface area contributed by atoms with Crippen LogP contribution in [0.15, 0.2) is 41.5 Å². The summed E-state index contributed by atoms with van der Waals surface area (Å²) in [6, 6.07) is 8.45. The molecule has 3 N–H and O–H groups in total. The zero-order valence-corrected chi connectivity index (χ0v) is 18.9. The highest BCUT2D eigenvalue weighted by atomic mass is 35.5. The van der Waals surface area contributed by atoms with E-state index in [-0.39, 0.29) is 59.1 Å². The van der Waals surface area contributed by atoms with Crippen LogP contribution in [0.25, 0.3) is 0 Å². The lowest BCUT2D eigenvalue weighted by Crippen LogP contribution is -2.36. The van der Waals surface area contributed by atoms with E-state index in [9.17, 15) is 18.4 Å². The predicted octanol–water partition coefficient (Wildman–Crippen LogP) is 2.97. The summed E-state index contributed by atoms with van der Waals surface area (Å²) in [5.74, 6) is -2.02. The minimum absolute atomic E-state index is 0. The molecule has 0 radical (unpaired) electrons. The van der Waals surface area contributed by atoms with E-state index in [4.69, 9.17) is 16.3 Å². The van der Waals surface area contributed by atoms with Gasteiger partial charge in [-0.25, -0.2) is 14.2 Å². The van der Waals surface area contributed by atoms with Gasteiger partial charge in [-0.3, -0.25) is 9.59 Å². The fourth-order valence-electron chi connectivity index (χ4n) is 3.76. The van der Waals surface area contributed by atoms with Crippen LogP contribution in [-0.2, 0) is 9.53 Å². The molecule has 2 aliphatic heterocycles. The van der Waals surface area contributed by atoms with Crippen LogP contribution < -0.4 is 16.1 Å². The van der Waals surface area contributed by atoms with Gasteiger partial charge in [0.25, 0.3) is 5.91 Å². The van der Waals surface area contributed by atoms with Crippen LogP contribution in [0.1, 0.15) is 34.0 Å².